The van der Waals surface area contributed by atoms with E-state index in [1.165, 1.54) is 7.11 Å². The number of ether oxygens (including phenoxy) is 2. The van der Waals surface area contributed by atoms with Gasteiger partial charge in [-0.2, -0.15) is 0 Å². The van der Waals surface area contributed by atoms with E-state index in [2.05, 4.69) is 9.72 Å². The zero-order valence-corrected chi connectivity index (χ0v) is 12.7. The minimum absolute atomic E-state index is 0.226. The molecular formula is C15H18N2O3S. The number of para-hydroxylation sites is 2. The average molecular weight is 306 g/mol. The van der Waals surface area contributed by atoms with Gasteiger partial charge in [-0.05, 0) is 18.6 Å². The molecule has 0 saturated heterocycles. The third kappa shape index (κ3) is 4.75. The number of anilines is 1. The normalized spacial score (nSPS) is 10.3. The molecule has 0 radical (unpaired) electrons. The Morgan fingerprint density at radius 1 is 1.38 bits per heavy atom. The Morgan fingerprint density at radius 3 is 2.95 bits per heavy atom. The van der Waals surface area contributed by atoms with E-state index in [-0.39, 0.29) is 12.4 Å². The molecule has 2 aromatic rings. The molecule has 1 aromatic carbocycles. The van der Waals surface area contributed by atoms with E-state index in [0.29, 0.717) is 18.0 Å². The van der Waals surface area contributed by atoms with E-state index in [4.69, 9.17) is 10.5 Å². The molecule has 0 bridgehead atoms. The van der Waals surface area contributed by atoms with Gasteiger partial charge in [0.15, 0.2) is 0 Å². The van der Waals surface area contributed by atoms with Crippen molar-refractivity contribution in [1.82, 2.24) is 4.98 Å². The van der Waals surface area contributed by atoms with Crippen LogP contribution >= 0.6 is 11.3 Å². The van der Waals surface area contributed by atoms with Crippen LogP contribution in [0.5, 0.6) is 5.75 Å². The van der Waals surface area contributed by atoms with Gasteiger partial charge in [0.1, 0.15) is 5.75 Å². The molecule has 5 nitrogen and oxygen atoms in total. The molecule has 1 aromatic heterocycles. The average Bonchev–Trinajstić information content (AvgIpc) is 2.92. The number of carbonyl (C=O) groups is 1. The molecule has 0 unspecified atom stereocenters. The molecule has 112 valence electrons. The molecule has 0 atom stereocenters. The Labute approximate surface area is 127 Å². The van der Waals surface area contributed by atoms with Gasteiger partial charge in [0.05, 0.1) is 36.5 Å². The van der Waals surface area contributed by atoms with E-state index >= 15 is 0 Å². The summed E-state index contributed by atoms with van der Waals surface area (Å²) in [6, 6.07) is 7.44. The number of benzene rings is 1. The summed E-state index contributed by atoms with van der Waals surface area (Å²) < 4.78 is 10.2. The number of hydrogen-bond donors (Lipinski definition) is 1. The molecule has 21 heavy (non-hydrogen) atoms. The fourth-order valence-electron chi connectivity index (χ4n) is 1.78. The predicted molar refractivity (Wildman–Crippen MR) is 82.5 cm³/mol. The Kier molecular flexibility index (Phi) is 5.57. The number of nitrogen functional groups attached to an aromatic ring is 1. The standard InChI is InChI=1S/C15H18N2O3S/c1-19-15(18)9-11-10-21-14(17-11)7-4-8-20-13-6-3-2-5-12(13)16/h2-3,5-6,10H,4,7-9,16H2,1H3. The van der Waals surface area contributed by atoms with E-state index in [1.54, 1.807) is 11.3 Å². The van der Waals surface area contributed by atoms with Gasteiger partial charge in [-0.3, -0.25) is 4.79 Å². The van der Waals surface area contributed by atoms with E-state index < -0.39 is 0 Å². The monoisotopic (exact) mass is 306 g/mol. The van der Waals surface area contributed by atoms with Crippen molar-refractivity contribution in [1.29, 1.82) is 0 Å². The van der Waals surface area contributed by atoms with Crippen LogP contribution in [0.15, 0.2) is 29.6 Å². The summed E-state index contributed by atoms with van der Waals surface area (Å²) in [5, 5.41) is 2.89. The lowest BCUT2D eigenvalue weighted by Crippen LogP contribution is -2.05. The molecule has 0 aliphatic heterocycles. The largest absolute Gasteiger partial charge is 0.491 e. The summed E-state index contributed by atoms with van der Waals surface area (Å²) in [7, 11) is 1.38. The lowest BCUT2D eigenvalue weighted by molar-refractivity contribution is -0.139. The van der Waals surface area contributed by atoms with E-state index in [0.717, 1.165) is 23.5 Å². The lowest BCUT2D eigenvalue weighted by atomic mass is 10.3. The summed E-state index contributed by atoms with van der Waals surface area (Å²) in [6.45, 7) is 0.583. The fourth-order valence-corrected chi connectivity index (χ4v) is 2.62. The van der Waals surface area contributed by atoms with Crippen molar-refractivity contribution >= 4 is 23.0 Å². The molecule has 0 amide bonds. The van der Waals surface area contributed by atoms with Crippen molar-refractivity contribution in [3.63, 3.8) is 0 Å². The molecule has 0 spiro atoms. The highest BCUT2D eigenvalue weighted by atomic mass is 32.1. The molecular weight excluding hydrogens is 288 g/mol. The van der Waals surface area contributed by atoms with E-state index in [9.17, 15) is 4.79 Å². The zero-order valence-electron chi connectivity index (χ0n) is 11.9. The molecule has 2 N–H and O–H groups in total. The van der Waals surface area contributed by atoms with Crippen LogP contribution in [0.2, 0.25) is 0 Å². The number of aromatic nitrogens is 1. The van der Waals surface area contributed by atoms with Crippen LogP contribution in [-0.4, -0.2) is 24.7 Å². The highest BCUT2D eigenvalue weighted by Gasteiger charge is 2.07. The van der Waals surface area contributed by atoms with Gasteiger partial charge < -0.3 is 15.2 Å². The van der Waals surface area contributed by atoms with Crippen LogP contribution < -0.4 is 10.5 Å². The van der Waals surface area contributed by atoms with Crippen LogP contribution in [0.4, 0.5) is 5.69 Å². The van der Waals surface area contributed by atoms with Gasteiger partial charge >= 0.3 is 5.97 Å². The quantitative estimate of drug-likeness (QED) is 0.483. The first-order valence-electron chi connectivity index (χ1n) is 6.66. The number of esters is 1. The van der Waals surface area contributed by atoms with Gasteiger partial charge in [-0.1, -0.05) is 12.1 Å². The summed E-state index contributed by atoms with van der Waals surface area (Å²) in [5.74, 6) is 0.442. The second-order valence-corrected chi connectivity index (χ2v) is 5.42. The summed E-state index contributed by atoms with van der Waals surface area (Å²) in [5.41, 5.74) is 7.20. The number of carbonyl (C=O) groups excluding carboxylic acids is 1. The number of methoxy groups -OCH3 is 1. The topological polar surface area (TPSA) is 74.4 Å². The van der Waals surface area contributed by atoms with Crippen molar-refractivity contribution in [2.45, 2.75) is 19.3 Å². The second-order valence-electron chi connectivity index (χ2n) is 4.48. The molecule has 0 aliphatic carbocycles. The SMILES string of the molecule is COC(=O)Cc1csc(CCCOc2ccccc2N)n1. The lowest BCUT2D eigenvalue weighted by Gasteiger charge is -2.07. The second kappa shape index (κ2) is 7.64. The maximum atomic E-state index is 11.2. The summed E-state index contributed by atoms with van der Waals surface area (Å²) >= 11 is 1.55. The van der Waals surface area contributed by atoms with Crippen molar-refractivity contribution in [2.75, 3.05) is 19.5 Å². The van der Waals surface area contributed by atoms with Crippen molar-refractivity contribution in [3.8, 4) is 5.75 Å². The van der Waals surface area contributed by atoms with Crippen LogP contribution in [0.25, 0.3) is 0 Å². The summed E-state index contributed by atoms with van der Waals surface area (Å²) in [4.78, 5) is 15.5. The van der Waals surface area contributed by atoms with Crippen LogP contribution in [0.3, 0.4) is 0 Å². The first kappa shape index (κ1) is 15.3. The van der Waals surface area contributed by atoms with Crippen molar-refractivity contribution in [2.24, 2.45) is 0 Å². The Balaban J connectivity index is 1.74. The third-order valence-corrected chi connectivity index (χ3v) is 3.82. The highest BCUT2D eigenvalue weighted by molar-refractivity contribution is 7.09. The van der Waals surface area contributed by atoms with Crippen LogP contribution in [0.1, 0.15) is 17.1 Å². The maximum Gasteiger partial charge on any atom is 0.311 e. The molecule has 0 saturated carbocycles. The summed E-state index contributed by atoms with van der Waals surface area (Å²) in [6.07, 6.45) is 1.89. The molecule has 6 heteroatoms. The highest BCUT2D eigenvalue weighted by Crippen LogP contribution is 2.20. The number of rotatable bonds is 7. The number of thiazole rings is 1. The number of aryl methyl sites for hydroxylation is 1. The number of hydrogen-bond acceptors (Lipinski definition) is 6. The van der Waals surface area contributed by atoms with Gasteiger partial charge in [0, 0.05) is 11.8 Å². The van der Waals surface area contributed by atoms with Gasteiger partial charge in [0.25, 0.3) is 0 Å². The van der Waals surface area contributed by atoms with Gasteiger partial charge in [0.2, 0.25) is 0 Å². The smallest absolute Gasteiger partial charge is 0.311 e. The predicted octanol–water partition coefficient (Wildman–Crippen LogP) is 2.45. The van der Waals surface area contributed by atoms with Crippen LogP contribution in [0, 0.1) is 0 Å². The minimum atomic E-state index is -0.269. The Bertz CT molecular complexity index is 598. The molecule has 2 rings (SSSR count). The first-order chi connectivity index (χ1) is 10.2. The van der Waals surface area contributed by atoms with Gasteiger partial charge in [-0.25, -0.2) is 4.98 Å². The first-order valence-corrected chi connectivity index (χ1v) is 7.54. The Hall–Kier alpha value is -2.08. The fraction of sp³-hybridized carbons (Fsp3) is 0.333. The molecule has 1 heterocycles. The minimum Gasteiger partial charge on any atom is -0.491 e. The van der Waals surface area contributed by atoms with Crippen molar-refractivity contribution in [3.05, 3.63) is 40.3 Å². The third-order valence-electron chi connectivity index (χ3n) is 2.86. The van der Waals surface area contributed by atoms with Crippen molar-refractivity contribution < 1.29 is 14.3 Å². The Morgan fingerprint density at radius 2 is 2.19 bits per heavy atom. The molecule has 0 aliphatic rings. The van der Waals surface area contributed by atoms with E-state index in [1.807, 2.05) is 29.6 Å². The zero-order chi connectivity index (χ0) is 15.1. The number of nitrogens with zero attached hydrogens (tertiary/aromatic N) is 1. The van der Waals surface area contributed by atoms with Gasteiger partial charge in [-0.15, -0.1) is 11.3 Å². The number of nitrogens with two attached hydrogens (primary N) is 1. The van der Waals surface area contributed by atoms with Crippen LogP contribution in [-0.2, 0) is 22.4 Å². The molecule has 0 fully saturated rings. The maximum absolute atomic E-state index is 11.2.